The van der Waals surface area contributed by atoms with Crippen LogP contribution in [-0.4, -0.2) is 49.9 Å². The van der Waals surface area contributed by atoms with Crippen molar-refractivity contribution in [1.29, 1.82) is 0 Å². The van der Waals surface area contributed by atoms with Gasteiger partial charge in [0.2, 0.25) is 5.91 Å². The van der Waals surface area contributed by atoms with Gasteiger partial charge in [-0.15, -0.1) is 0 Å². The minimum Gasteiger partial charge on any atom is -0.341 e. The van der Waals surface area contributed by atoms with Crippen molar-refractivity contribution in [2.75, 3.05) is 24.6 Å². The van der Waals surface area contributed by atoms with Crippen LogP contribution in [0.4, 0.5) is 0 Å². The molecule has 0 aromatic heterocycles. The van der Waals surface area contributed by atoms with Crippen LogP contribution in [0.2, 0.25) is 0 Å². The number of carbonyl (C=O) groups excluding carboxylic acids is 1. The van der Waals surface area contributed by atoms with Crippen LogP contribution < -0.4 is 5.73 Å². The van der Waals surface area contributed by atoms with Gasteiger partial charge < -0.3 is 10.6 Å². The third-order valence-corrected chi connectivity index (χ3v) is 4.65. The molecule has 0 radical (unpaired) electrons. The molecule has 0 aromatic carbocycles. The number of piperidine rings is 1. The molecule has 1 aliphatic rings. The van der Waals surface area contributed by atoms with Gasteiger partial charge in [-0.3, -0.25) is 4.79 Å². The highest BCUT2D eigenvalue weighted by molar-refractivity contribution is 7.91. The fourth-order valence-corrected chi connectivity index (χ4v) is 2.64. The summed E-state index contributed by atoms with van der Waals surface area (Å²) in [6, 6.07) is 0.0421. The molecule has 0 bridgehead atoms. The molecule has 1 saturated heterocycles. The van der Waals surface area contributed by atoms with E-state index in [2.05, 4.69) is 0 Å². The topological polar surface area (TPSA) is 80.5 Å². The van der Waals surface area contributed by atoms with Gasteiger partial charge in [0.1, 0.15) is 9.84 Å². The van der Waals surface area contributed by atoms with Crippen LogP contribution in [0.15, 0.2) is 0 Å². The summed E-state index contributed by atoms with van der Waals surface area (Å²) in [7, 11) is -2.92. The summed E-state index contributed by atoms with van der Waals surface area (Å²) in [4.78, 5) is 13.2. The van der Waals surface area contributed by atoms with Gasteiger partial charge in [-0.1, -0.05) is 6.92 Å². The smallest absolute Gasteiger partial charge is 0.222 e. The zero-order valence-corrected chi connectivity index (χ0v) is 10.5. The van der Waals surface area contributed by atoms with Crippen molar-refractivity contribution >= 4 is 15.7 Å². The Morgan fingerprint density at radius 3 is 2.81 bits per heavy atom. The Morgan fingerprint density at radius 2 is 2.19 bits per heavy atom. The average Bonchev–Trinajstić information content (AvgIpc) is 2.23. The predicted molar refractivity (Wildman–Crippen MR) is 62.7 cm³/mol. The van der Waals surface area contributed by atoms with E-state index in [1.54, 1.807) is 11.8 Å². The molecule has 1 heterocycles. The molecule has 0 aromatic rings. The zero-order chi connectivity index (χ0) is 12.2. The molecule has 1 unspecified atom stereocenters. The lowest BCUT2D eigenvalue weighted by atomic mass is 10.1. The van der Waals surface area contributed by atoms with E-state index in [0.29, 0.717) is 25.9 Å². The summed E-state index contributed by atoms with van der Waals surface area (Å²) < 4.78 is 22.5. The Labute approximate surface area is 96.9 Å². The van der Waals surface area contributed by atoms with Crippen molar-refractivity contribution in [3.05, 3.63) is 0 Å². The molecule has 16 heavy (non-hydrogen) atoms. The molecule has 6 heteroatoms. The number of nitrogens with two attached hydrogens (primary N) is 1. The van der Waals surface area contributed by atoms with Crippen LogP contribution in [0.5, 0.6) is 0 Å². The van der Waals surface area contributed by atoms with E-state index in [1.165, 1.54) is 0 Å². The van der Waals surface area contributed by atoms with E-state index in [-0.39, 0.29) is 23.5 Å². The maximum Gasteiger partial charge on any atom is 0.222 e. The summed E-state index contributed by atoms with van der Waals surface area (Å²) >= 11 is 0. The summed E-state index contributed by atoms with van der Waals surface area (Å²) in [6.45, 7) is 2.70. The van der Waals surface area contributed by atoms with Crippen molar-refractivity contribution in [3.63, 3.8) is 0 Å². The number of sulfone groups is 1. The summed E-state index contributed by atoms with van der Waals surface area (Å²) in [6.07, 6.45) is 1.74. The third-order valence-electron chi connectivity index (χ3n) is 2.86. The first-order valence-corrected chi connectivity index (χ1v) is 7.50. The van der Waals surface area contributed by atoms with Gasteiger partial charge in [0.25, 0.3) is 0 Å². The Hall–Kier alpha value is -0.620. The van der Waals surface area contributed by atoms with E-state index in [1.807, 2.05) is 0 Å². The molecule has 1 rings (SSSR count). The van der Waals surface area contributed by atoms with Gasteiger partial charge in [-0.05, 0) is 12.8 Å². The van der Waals surface area contributed by atoms with Gasteiger partial charge in [-0.2, -0.15) is 0 Å². The van der Waals surface area contributed by atoms with Crippen LogP contribution in [0.25, 0.3) is 0 Å². The minimum atomic E-state index is -2.92. The summed E-state index contributed by atoms with van der Waals surface area (Å²) in [5.41, 5.74) is 5.76. The fraction of sp³-hybridized carbons (Fsp3) is 0.900. The predicted octanol–water partition coefficient (Wildman–Crippen LogP) is -0.239. The summed E-state index contributed by atoms with van der Waals surface area (Å²) in [5, 5.41) is 0. The molecule has 2 N–H and O–H groups in total. The largest absolute Gasteiger partial charge is 0.341 e. The van der Waals surface area contributed by atoms with Crippen molar-refractivity contribution in [2.24, 2.45) is 5.73 Å². The molecular formula is C10H20N2O3S. The number of nitrogens with zero attached hydrogens (tertiary/aromatic N) is 1. The highest BCUT2D eigenvalue weighted by Gasteiger charge is 2.23. The van der Waals surface area contributed by atoms with E-state index in [0.717, 1.165) is 6.42 Å². The normalized spacial score (nSPS) is 22.5. The molecule has 1 aliphatic heterocycles. The second kappa shape index (κ2) is 5.63. The molecule has 5 nitrogen and oxygen atoms in total. The SMILES string of the molecule is CCS(=O)(=O)CCCN1CC(N)CCC1=O. The van der Waals surface area contributed by atoms with E-state index < -0.39 is 9.84 Å². The van der Waals surface area contributed by atoms with Crippen molar-refractivity contribution in [2.45, 2.75) is 32.2 Å². The maximum absolute atomic E-state index is 11.5. The number of hydrogen-bond acceptors (Lipinski definition) is 4. The first kappa shape index (κ1) is 13.4. The first-order chi connectivity index (χ1) is 7.44. The number of hydrogen-bond donors (Lipinski definition) is 1. The molecule has 0 saturated carbocycles. The Bertz CT molecular complexity index is 340. The van der Waals surface area contributed by atoms with Crippen LogP contribution >= 0.6 is 0 Å². The Kier molecular flexibility index (Phi) is 4.73. The monoisotopic (exact) mass is 248 g/mol. The number of carbonyl (C=O) groups is 1. The van der Waals surface area contributed by atoms with E-state index in [9.17, 15) is 13.2 Å². The molecule has 1 amide bonds. The standard InChI is InChI=1S/C10H20N2O3S/c1-2-16(14,15)7-3-6-12-8-9(11)4-5-10(12)13/h9H,2-8,11H2,1H3. The Morgan fingerprint density at radius 1 is 1.50 bits per heavy atom. The third kappa shape index (κ3) is 4.09. The number of rotatable bonds is 5. The molecule has 0 aliphatic carbocycles. The van der Waals surface area contributed by atoms with Crippen LogP contribution in [0.1, 0.15) is 26.2 Å². The van der Waals surface area contributed by atoms with E-state index >= 15 is 0 Å². The summed E-state index contributed by atoms with van der Waals surface area (Å²) in [5.74, 6) is 0.416. The number of likely N-dealkylation sites (tertiary alicyclic amines) is 1. The molecule has 1 atom stereocenters. The van der Waals surface area contributed by atoms with Gasteiger partial charge >= 0.3 is 0 Å². The highest BCUT2D eigenvalue weighted by atomic mass is 32.2. The lowest BCUT2D eigenvalue weighted by Gasteiger charge is -2.30. The van der Waals surface area contributed by atoms with Gasteiger partial charge in [0, 0.05) is 31.3 Å². The van der Waals surface area contributed by atoms with Crippen molar-refractivity contribution in [1.82, 2.24) is 4.90 Å². The maximum atomic E-state index is 11.5. The first-order valence-electron chi connectivity index (χ1n) is 5.68. The zero-order valence-electron chi connectivity index (χ0n) is 9.68. The highest BCUT2D eigenvalue weighted by Crippen LogP contribution is 2.10. The molecular weight excluding hydrogens is 228 g/mol. The quantitative estimate of drug-likeness (QED) is 0.728. The van der Waals surface area contributed by atoms with E-state index in [4.69, 9.17) is 5.73 Å². The van der Waals surface area contributed by atoms with Gasteiger partial charge in [0.05, 0.1) is 5.75 Å². The average molecular weight is 248 g/mol. The molecule has 94 valence electrons. The Balaban J connectivity index is 2.34. The van der Waals surface area contributed by atoms with Crippen LogP contribution in [0, 0.1) is 0 Å². The van der Waals surface area contributed by atoms with Gasteiger partial charge in [0.15, 0.2) is 0 Å². The van der Waals surface area contributed by atoms with Crippen molar-refractivity contribution in [3.8, 4) is 0 Å². The van der Waals surface area contributed by atoms with Crippen molar-refractivity contribution < 1.29 is 13.2 Å². The second-order valence-corrected chi connectivity index (χ2v) is 6.70. The minimum absolute atomic E-state index is 0.0421. The number of amides is 1. The second-order valence-electron chi connectivity index (χ2n) is 4.23. The lowest BCUT2D eigenvalue weighted by molar-refractivity contribution is -0.133. The molecule has 1 fully saturated rings. The lowest BCUT2D eigenvalue weighted by Crippen LogP contribution is -2.46. The van der Waals surface area contributed by atoms with Gasteiger partial charge in [-0.25, -0.2) is 8.42 Å². The molecule has 0 spiro atoms. The van der Waals surface area contributed by atoms with Crippen LogP contribution in [-0.2, 0) is 14.6 Å². The van der Waals surface area contributed by atoms with Crippen LogP contribution in [0.3, 0.4) is 0 Å². The fourth-order valence-electron chi connectivity index (χ4n) is 1.78.